The highest BCUT2D eigenvalue weighted by Gasteiger charge is 2.17. The number of amides is 1. The van der Waals surface area contributed by atoms with E-state index >= 15 is 0 Å². The Morgan fingerprint density at radius 3 is 2.35 bits per heavy atom. The van der Waals surface area contributed by atoms with Crippen molar-refractivity contribution in [1.29, 1.82) is 0 Å². The summed E-state index contributed by atoms with van der Waals surface area (Å²) < 4.78 is 32.6. The molecule has 1 aromatic heterocycles. The highest BCUT2D eigenvalue weighted by Crippen LogP contribution is 2.23. The molecule has 0 bridgehead atoms. The fourth-order valence-corrected chi connectivity index (χ4v) is 4.41. The predicted octanol–water partition coefficient (Wildman–Crippen LogP) is 4.56. The molecule has 0 radical (unpaired) electrons. The van der Waals surface area contributed by atoms with Crippen LogP contribution in [-0.4, -0.2) is 36.2 Å². The summed E-state index contributed by atoms with van der Waals surface area (Å²) in [7, 11) is -3.85. The van der Waals surface area contributed by atoms with Gasteiger partial charge in [-0.3, -0.25) is 9.52 Å². The van der Waals surface area contributed by atoms with Crippen LogP contribution in [0.1, 0.15) is 18.9 Å². The Hall–Kier alpha value is -3.84. The zero-order chi connectivity index (χ0) is 24.7. The van der Waals surface area contributed by atoms with Crippen molar-refractivity contribution >= 4 is 43.8 Å². The lowest BCUT2D eigenvalue weighted by atomic mass is 10.3. The van der Waals surface area contributed by atoms with Gasteiger partial charge >= 0.3 is 0 Å². The summed E-state index contributed by atoms with van der Waals surface area (Å²) in [4.78, 5) is 12.5. The largest absolute Gasteiger partial charge is 0.510 e. The highest BCUT2D eigenvalue weighted by atomic mass is 32.2. The van der Waals surface area contributed by atoms with E-state index in [0.29, 0.717) is 23.1 Å². The number of rotatable bonds is 9. The van der Waals surface area contributed by atoms with Gasteiger partial charge in [0.05, 0.1) is 17.2 Å². The third kappa shape index (κ3) is 6.59. The molecule has 0 fully saturated rings. The van der Waals surface area contributed by atoms with Crippen LogP contribution in [0.15, 0.2) is 75.1 Å². The topological polar surface area (TPSA) is 155 Å². The third-order valence-corrected chi connectivity index (χ3v) is 6.38. The Balaban J connectivity index is 1.69. The van der Waals surface area contributed by atoms with Crippen LogP contribution in [0, 0.1) is 6.92 Å². The Bertz CT molecular complexity index is 1310. The summed E-state index contributed by atoms with van der Waals surface area (Å²) in [5.74, 6) is -0.333. The standard InChI is InChI=1S/C21H22N6O5S2/c1-4-32-17-9-5-15(6-10-17)22-20(29)19(13(2)28)25-24-16-7-11-18(12-8-16)34(30,31)27-21-26-23-14(3)33-21/h5-12,28H,4H2,1-3H3,(H,22,29)(H,26,27)/b19-13+,25-24?. The molecule has 0 saturated heterocycles. The Kier molecular flexibility index (Phi) is 7.91. The van der Waals surface area contributed by atoms with E-state index in [4.69, 9.17) is 4.74 Å². The normalized spacial score (nSPS) is 12.3. The maximum absolute atomic E-state index is 12.5. The second-order valence-electron chi connectivity index (χ2n) is 6.77. The number of hydrogen-bond acceptors (Lipinski definition) is 10. The van der Waals surface area contributed by atoms with Crippen molar-refractivity contribution in [3.05, 3.63) is 65.0 Å². The van der Waals surface area contributed by atoms with Crippen LogP contribution < -0.4 is 14.8 Å². The molecule has 0 aliphatic heterocycles. The minimum Gasteiger partial charge on any atom is -0.510 e. The number of nitrogens with one attached hydrogen (secondary N) is 2. The van der Waals surface area contributed by atoms with Gasteiger partial charge in [-0.25, -0.2) is 8.42 Å². The number of aliphatic hydroxyl groups is 1. The highest BCUT2D eigenvalue weighted by molar-refractivity contribution is 7.93. The Morgan fingerprint density at radius 1 is 1.12 bits per heavy atom. The molecule has 178 valence electrons. The molecule has 1 amide bonds. The molecule has 0 atom stereocenters. The number of azo groups is 1. The van der Waals surface area contributed by atoms with Crippen LogP contribution in [0.4, 0.5) is 16.5 Å². The smallest absolute Gasteiger partial charge is 0.279 e. The molecule has 2 aromatic carbocycles. The molecule has 0 aliphatic rings. The molecular formula is C21H22N6O5S2. The van der Waals surface area contributed by atoms with Crippen LogP contribution in [0.3, 0.4) is 0 Å². The summed E-state index contributed by atoms with van der Waals surface area (Å²) in [6, 6.07) is 12.2. The summed E-state index contributed by atoms with van der Waals surface area (Å²) in [6.07, 6.45) is 0. The molecule has 13 heteroatoms. The number of aliphatic hydroxyl groups excluding tert-OH is 1. The Morgan fingerprint density at radius 2 is 1.79 bits per heavy atom. The minimum atomic E-state index is -3.85. The number of ether oxygens (including phenoxy) is 1. The van der Waals surface area contributed by atoms with Gasteiger partial charge < -0.3 is 15.2 Å². The van der Waals surface area contributed by atoms with Crippen LogP contribution in [0.2, 0.25) is 0 Å². The Labute approximate surface area is 200 Å². The number of benzene rings is 2. The van der Waals surface area contributed by atoms with Crippen molar-refractivity contribution < 1.29 is 23.1 Å². The predicted molar refractivity (Wildman–Crippen MR) is 128 cm³/mol. The maximum Gasteiger partial charge on any atom is 0.279 e. The second-order valence-corrected chi connectivity index (χ2v) is 9.64. The van der Waals surface area contributed by atoms with Crippen LogP contribution in [0.25, 0.3) is 0 Å². The van der Waals surface area contributed by atoms with Crippen molar-refractivity contribution in [3.63, 3.8) is 0 Å². The summed E-state index contributed by atoms with van der Waals surface area (Å²) in [6.45, 7) is 5.41. The number of carbonyl (C=O) groups is 1. The molecule has 0 aliphatic carbocycles. The van der Waals surface area contributed by atoms with Gasteiger partial charge in [0.15, 0.2) is 5.70 Å². The van der Waals surface area contributed by atoms with E-state index in [1.54, 1.807) is 31.2 Å². The van der Waals surface area contributed by atoms with Crippen molar-refractivity contribution in [2.24, 2.45) is 10.2 Å². The fraction of sp³-hybridized carbons (Fsp3) is 0.190. The number of anilines is 2. The van der Waals surface area contributed by atoms with Gasteiger partial charge in [0.1, 0.15) is 16.5 Å². The van der Waals surface area contributed by atoms with E-state index in [0.717, 1.165) is 11.3 Å². The molecule has 0 spiro atoms. The average molecular weight is 503 g/mol. The second kappa shape index (κ2) is 10.9. The molecule has 11 nitrogen and oxygen atoms in total. The van der Waals surface area contributed by atoms with Gasteiger partial charge in [0.25, 0.3) is 15.9 Å². The zero-order valence-corrected chi connectivity index (χ0v) is 20.1. The number of carbonyl (C=O) groups excluding carboxylic acids is 1. The first-order valence-electron chi connectivity index (χ1n) is 9.96. The minimum absolute atomic E-state index is 0.0124. The van der Waals surface area contributed by atoms with E-state index in [2.05, 4.69) is 30.5 Å². The van der Waals surface area contributed by atoms with Crippen LogP contribution >= 0.6 is 11.3 Å². The quantitative estimate of drug-likeness (QED) is 0.220. The van der Waals surface area contributed by atoms with Crippen LogP contribution in [0.5, 0.6) is 5.75 Å². The lowest BCUT2D eigenvalue weighted by molar-refractivity contribution is -0.113. The first-order valence-corrected chi connectivity index (χ1v) is 12.3. The summed E-state index contributed by atoms with van der Waals surface area (Å²) in [5.41, 5.74) is 0.465. The molecule has 3 N–H and O–H groups in total. The summed E-state index contributed by atoms with van der Waals surface area (Å²) in [5, 5.41) is 28.6. The summed E-state index contributed by atoms with van der Waals surface area (Å²) >= 11 is 1.11. The molecule has 3 rings (SSSR count). The van der Waals surface area contributed by atoms with Crippen molar-refractivity contribution in [3.8, 4) is 5.75 Å². The van der Waals surface area contributed by atoms with Gasteiger partial charge in [-0.2, -0.15) is 5.11 Å². The number of sulfonamides is 1. The van der Waals surface area contributed by atoms with Gasteiger partial charge in [0.2, 0.25) is 5.13 Å². The maximum atomic E-state index is 12.5. The third-order valence-electron chi connectivity index (χ3n) is 4.14. The van der Waals surface area contributed by atoms with Gasteiger partial charge in [-0.1, -0.05) is 11.3 Å². The van der Waals surface area contributed by atoms with E-state index in [1.807, 2.05) is 6.92 Å². The number of nitrogens with zero attached hydrogens (tertiary/aromatic N) is 4. The SMILES string of the molecule is CCOc1ccc(NC(=O)/C(N=Nc2ccc(S(=O)(=O)Nc3nnc(C)s3)cc2)=C(/C)O)cc1. The fourth-order valence-electron chi connectivity index (χ4n) is 2.58. The van der Waals surface area contributed by atoms with E-state index in [1.165, 1.54) is 31.2 Å². The van der Waals surface area contributed by atoms with Gasteiger partial charge in [0, 0.05) is 5.69 Å². The molecule has 1 heterocycles. The van der Waals surface area contributed by atoms with E-state index < -0.39 is 15.9 Å². The first kappa shape index (κ1) is 24.8. The number of allylic oxidation sites excluding steroid dienone is 1. The van der Waals surface area contributed by atoms with Crippen LogP contribution in [-0.2, 0) is 14.8 Å². The number of aromatic nitrogens is 2. The number of hydrogen-bond donors (Lipinski definition) is 3. The van der Waals surface area contributed by atoms with Gasteiger partial charge in [-0.05, 0) is 69.3 Å². The first-order chi connectivity index (χ1) is 16.2. The monoisotopic (exact) mass is 502 g/mol. The molecular weight excluding hydrogens is 480 g/mol. The molecule has 0 saturated carbocycles. The lowest BCUT2D eigenvalue weighted by Crippen LogP contribution is -2.14. The van der Waals surface area contributed by atoms with Crippen molar-refractivity contribution in [2.45, 2.75) is 25.7 Å². The van der Waals surface area contributed by atoms with E-state index in [-0.39, 0.29) is 27.2 Å². The number of aryl methyl sites for hydroxylation is 1. The van der Waals surface area contributed by atoms with Gasteiger partial charge in [-0.15, -0.1) is 15.3 Å². The zero-order valence-electron chi connectivity index (χ0n) is 18.5. The molecule has 0 unspecified atom stereocenters. The molecule has 34 heavy (non-hydrogen) atoms. The van der Waals surface area contributed by atoms with Crippen molar-refractivity contribution in [1.82, 2.24) is 10.2 Å². The van der Waals surface area contributed by atoms with E-state index in [9.17, 15) is 18.3 Å². The molecule has 3 aromatic rings. The lowest BCUT2D eigenvalue weighted by Gasteiger charge is -2.07. The van der Waals surface area contributed by atoms with Crippen molar-refractivity contribution in [2.75, 3.05) is 16.6 Å². The average Bonchev–Trinajstić information content (AvgIpc) is 3.19.